The molecule has 1 fully saturated rings. The molecule has 0 spiro atoms. The Morgan fingerprint density at radius 2 is 1.81 bits per heavy atom. The van der Waals surface area contributed by atoms with Crippen LogP contribution in [0.25, 0.3) is 0 Å². The third-order valence-corrected chi connectivity index (χ3v) is 4.26. The lowest BCUT2D eigenvalue weighted by Gasteiger charge is -2.40. The standard InChI is InChI=1S/C16H23BrO4/c1-3-8-19-12-4-6-13(7-5-12)21-15-11-14(17)16(15)20-10-9-18-2/h4-7,14-16H,3,8-11H2,1-2H3. The van der Waals surface area contributed by atoms with Gasteiger partial charge in [-0.05, 0) is 30.7 Å². The molecule has 3 unspecified atom stereocenters. The number of ether oxygens (including phenoxy) is 4. The summed E-state index contributed by atoms with van der Waals surface area (Å²) in [7, 11) is 1.67. The minimum atomic E-state index is 0.0798. The fourth-order valence-electron chi connectivity index (χ4n) is 2.13. The van der Waals surface area contributed by atoms with Crippen molar-refractivity contribution in [3.8, 4) is 11.5 Å². The van der Waals surface area contributed by atoms with Gasteiger partial charge in [0.25, 0.3) is 0 Å². The average molecular weight is 359 g/mol. The van der Waals surface area contributed by atoms with Crippen LogP contribution >= 0.6 is 15.9 Å². The van der Waals surface area contributed by atoms with Gasteiger partial charge < -0.3 is 18.9 Å². The lowest BCUT2D eigenvalue weighted by atomic mass is 9.91. The monoisotopic (exact) mass is 358 g/mol. The molecule has 5 heteroatoms. The van der Waals surface area contributed by atoms with Crippen LogP contribution in [0.4, 0.5) is 0 Å². The van der Waals surface area contributed by atoms with Crippen molar-refractivity contribution in [2.45, 2.75) is 36.8 Å². The van der Waals surface area contributed by atoms with Crippen LogP contribution in [-0.4, -0.2) is 44.0 Å². The molecule has 1 aromatic carbocycles. The predicted molar refractivity (Wildman–Crippen MR) is 85.6 cm³/mol. The van der Waals surface area contributed by atoms with Crippen molar-refractivity contribution >= 4 is 15.9 Å². The van der Waals surface area contributed by atoms with Gasteiger partial charge in [-0.1, -0.05) is 22.9 Å². The van der Waals surface area contributed by atoms with E-state index in [2.05, 4.69) is 22.9 Å². The zero-order valence-electron chi connectivity index (χ0n) is 12.6. The van der Waals surface area contributed by atoms with Crippen LogP contribution < -0.4 is 9.47 Å². The maximum absolute atomic E-state index is 5.97. The topological polar surface area (TPSA) is 36.9 Å². The van der Waals surface area contributed by atoms with Crippen molar-refractivity contribution in [2.24, 2.45) is 0 Å². The molecule has 0 heterocycles. The van der Waals surface area contributed by atoms with Crippen molar-refractivity contribution < 1.29 is 18.9 Å². The second-order valence-electron chi connectivity index (χ2n) is 5.06. The van der Waals surface area contributed by atoms with Gasteiger partial charge in [0.15, 0.2) is 0 Å². The van der Waals surface area contributed by atoms with E-state index in [1.807, 2.05) is 24.3 Å². The summed E-state index contributed by atoms with van der Waals surface area (Å²) < 4.78 is 22.3. The molecule has 1 aromatic rings. The number of benzene rings is 1. The summed E-state index contributed by atoms with van der Waals surface area (Å²) in [6, 6.07) is 7.77. The normalized spacial score (nSPS) is 24.4. The van der Waals surface area contributed by atoms with Crippen LogP contribution in [0.5, 0.6) is 11.5 Å². The first-order valence-corrected chi connectivity index (χ1v) is 8.30. The highest BCUT2D eigenvalue weighted by Crippen LogP contribution is 2.34. The van der Waals surface area contributed by atoms with Crippen molar-refractivity contribution in [1.29, 1.82) is 0 Å². The van der Waals surface area contributed by atoms with Crippen molar-refractivity contribution in [2.75, 3.05) is 26.9 Å². The van der Waals surface area contributed by atoms with Crippen LogP contribution in [0.15, 0.2) is 24.3 Å². The van der Waals surface area contributed by atoms with Crippen molar-refractivity contribution in [3.63, 3.8) is 0 Å². The highest BCUT2D eigenvalue weighted by atomic mass is 79.9. The van der Waals surface area contributed by atoms with E-state index >= 15 is 0 Å². The zero-order valence-corrected chi connectivity index (χ0v) is 14.2. The zero-order chi connectivity index (χ0) is 15.1. The van der Waals surface area contributed by atoms with Crippen LogP contribution in [0, 0.1) is 0 Å². The fraction of sp³-hybridized carbons (Fsp3) is 0.625. The highest BCUT2D eigenvalue weighted by molar-refractivity contribution is 9.09. The van der Waals surface area contributed by atoms with E-state index in [-0.39, 0.29) is 12.2 Å². The predicted octanol–water partition coefficient (Wildman–Crippen LogP) is 3.42. The van der Waals surface area contributed by atoms with Crippen LogP contribution in [0.3, 0.4) is 0 Å². The van der Waals surface area contributed by atoms with Gasteiger partial charge in [0.2, 0.25) is 0 Å². The van der Waals surface area contributed by atoms with Gasteiger partial charge in [0, 0.05) is 18.4 Å². The molecule has 0 aromatic heterocycles. The molecular formula is C16H23BrO4. The molecule has 2 rings (SSSR count). The third-order valence-electron chi connectivity index (χ3n) is 3.36. The van der Waals surface area contributed by atoms with E-state index < -0.39 is 0 Å². The Labute approximate surface area is 134 Å². The summed E-state index contributed by atoms with van der Waals surface area (Å²) in [6.07, 6.45) is 2.13. The molecule has 1 aliphatic rings. The Morgan fingerprint density at radius 3 is 2.43 bits per heavy atom. The lowest BCUT2D eigenvalue weighted by molar-refractivity contribution is -0.0865. The summed E-state index contributed by atoms with van der Waals surface area (Å²) in [5, 5.41) is 0. The van der Waals surface area contributed by atoms with Gasteiger partial charge in [-0.2, -0.15) is 0 Å². The van der Waals surface area contributed by atoms with Gasteiger partial charge in [0.05, 0.1) is 19.8 Å². The number of hydrogen-bond acceptors (Lipinski definition) is 4. The van der Waals surface area contributed by atoms with E-state index in [0.717, 1.165) is 30.9 Å². The molecule has 0 bridgehead atoms. The summed E-state index contributed by atoms with van der Waals surface area (Å²) >= 11 is 3.61. The van der Waals surface area contributed by atoms with E-state index in [1.54, 1.807) is 7.11 Å². The minimum absolute atomic E-state index is 0.0798. The molecule has 0 radical (unpaired) electrons. The summed E-state index contributed by atoms with van der Waals surface area (Å²) in [4.78, 5) is 0.353. The Balaban J connectivity index is 1.80. The maximum Gasteiger partial charge on any atom is 0.127 e. The summed E-state index contributed by atoms with van der Waals surface area (Å²) in [5.74, 6) is 1.73. The van der Waals surface area contributed by atoms with Crippen LogP contribution in [0.1, 0.15) is 19.8 Å². The Kier molecular flexibility index (Phi) is 6.80. The van der Waals surface area contributed by atoms with Gasteiger partial charge in [-0.15, -0.1) is 0 Å². The van der Waals surface area contributed by atoms with Gasteiger partial charge in [0.1, 0.15) is 23.7 Å². The van der Waals surface area contributed by atoms with Crippen molar-refractivity contribution in [3.05, 3.63) is 24.3 Å². The fourth-order valence-corrected chi connectivity index (χ4v) is 2.99. The minimum Gasteiger partial charge on any atom is -0.494 e. The largest absolute Gasteiger partial charge is 0.494 e. The molecule has 3 atom stereocenters. The van der Waals surface area contributed by atoms with Crippen LogP contribution in [0.2, 0.25) is 0 Å². The van der Waals surface area contributed by atoms with Gasteiger partial charge >= 0.3 is 0 Å². The first-order chi connectivity index (χ1) is 10.2. The molecule has 0 aliphatic heterocycles. The van der Waals surface area contributed by atoms with E-state index in [9.17, 15) is 0 Å². The molecule has 4 nitrogen and oxygen atoms in total. The Bertz CT molecular complexity index is 409. The third kappa shape index (κ3) is 4.87. The maximum atomic E-state index is 5.97. The number of halogens is 1. The Morgan fingerprint density at radius 1 is 1.10 bits per heavy atom. The molecule has 1 aliphatic carbocycles. The molecule has 118 valence electrons. The Hall–Kier alpha value is -0.780. The van der Waals surface area contributed by atoms with E-state index in [4.69, 9.17) is 18.9 Å². The summed E-state index contributed by atoms with van der Waals surface area (Å²) in [5.41, 5.74) is 0. The smallest absolute Gasteiger partial charge is 0.127 e. The number of rotatable bonds is 9. The quantitative estimate of drug-likeness (QED) is 0.500. The number of methoxy groups -OCH3 is 1. The lowest BCUT2D eigenvalue weighted by Crippen LogP contribution is -2.52. The van der Waals surface area contributed by atoms with E-state index in [1.165, 1.54) is 0 Å². The first kappa shape index (κ1) is 16.6. The molecule has 21 heavy (non-hydrogen) atoms. The molecular weight excluding hydrogens is 336 g/mol. The molecule has 0 saturated heterocycles. The highest BCUT2D eigenvalue weighted by Gasteiger charge is 2.42. The SMILES string of the molecule is CCCOc1ccc(OC2CC(Br)C2OCCOC)cc1. The average Bonchev–Trinajstić information content (AvgIpc) is 2.50. The van der Waals surface area contributed by atoms with E-state index in [0.29, 0.717) is 18.0 Å². The number of alkyl halides is 1. The summed E-state index contributed by atoms with van der Waals surface area (Å²) in [6.45, 7) is 4.03. The molecule has 0 amide bonds. The second kappa shape index (κ2) is 8.61. The van der Waals surface area contributed by atoms with Gasteiger partial charge in [-0.3, -0.25) is 0 Å². The second-order valence-corrected chi connectivity index (χ2v) is 6.23. The van der Waals surface area contributed by atoms with Gasteiger partial charge in [-0.25, -0.2) is 0 Å². The molecule has 1 saturated carbocycles. The number of hydrogen-bond donors (Lipinski definition) is 0. The van der Waals surface area contributed by atoms with Crippen molar-refractivity contribution in [1.82, 2.24) is 0 Å². The molecule has 0 N–H and O–H groups in total. The first-order valence-electron chi connectivity index (χ1n) is 7.38. The van der Waals surface area contributed by atoms with Crippen LogP contribution in [-0.2, 0) is 9.47 Å².